The number of anilines is 1. The van der Waals surface area contributed by atoms with Gasteiger partial charge >= 0.3 is 5.69 Å². The highest BCUT2D eigenvalue weighted by atomic mass is 19.2. The molecule has 0 unspecified atom stereocenters. The molecular weight excluding hydrogens is 459 g/mol. The van der Waals surface area contributed by atoms with E-state index >= 15 is 0 Å². The van der Waals surface area contributed by atoms with Crippen molar-refractivity contribution >= 4 is 29.4 Å². The Morgan fingerprint density at radius 2 is 1.91 bits per heavy atom. The number of nitrogens with one attached hydrogen (secondary N) is 1. The zero-order valence-corrected chi connectivity index (χ0v) is 17.9. The molecule has 1 aromatic heterocycles. The number of halogens is 3. The predicted octanol–water partition coefficient (Wildman–Crippen LogP) is 4.90. The van der Waals surface area contributed by atoms with Crippen LogP contribution in [-0.4, -0.2) is 29.2 Å². The van der Waals surface area contributed by atoms with Crippen molar-refractivity contribution in [1.29, 1.82) is 0 Å². The number of nitrogens with zero attached hydrogens (tertiary/aromatic N) is 2. The van der Waals surface area contributed by atoms with Gasteiger partial charge in [0.1, 0.15) is 0 Å². The van der Waals surface area contributed by atoms with Crippen LogP contribution in [0.3, 0.4) is 0 Å². The highest BCUT2D eigenvalue weighted by Crippen LogP contribution is 2.30. The molecule has 1 amide bonds. The van der Waals surface area contributed by atoms with Gasteiger partial charge in [0.25, 0.3) is 5.91 Å². The van der Waals surface area contributed by atoms with Crippen LogP contribution in [-0.2, 0) is 4.79 Å². The monoisotopic (exact) mass is 477 g/mol. The molecule has 12 heteroatoms. The number of hydrogen-bond donors (Lipinski definition) is 1. The molecule has 0 aliphatic carbocycles. The van der Waals surface area contributed by atoms with Crippen molar-refractivity contribution in [2.45, 2.75) is 13.8 Å². The molecule has 2 aromatic carbocycles. The van der Waals surface area contributed by atoms with Crippen LogP contribution < -0.4 is 14.8 Å². The molecule has 0 saturated carbocycles. The second-order valence-electron chi connectivity index (χ2n) is 6.77. The zero-order chi connectivity index (χ0) is 24.8. The van der Waals surface area contributed by atoms with Crippen molar-refractivity contribution in [3.8, 4) is 11.5 Å². The van der Waals surface area contributed by atoms with E-state index in [1.165, 1.54) is 25.1 Å². The molecule has 1 heterocycles. The van der Waals surface area contributed by atoms with Crippen molar-refractivity contribution in [3.05, 3.63) is 74.9 Å². The van der Waals surface area contributed by atoms with Gasteiger partial charge in [0.2, 0.25) is 5.76 Å². The minimum atomic E-state index is -1.70. The average Bonchev–Trinajstić information content (AvgIpc) is 3.18. The molecule has 3 rings (SSSR count). The molecule has 0 aliphatic rings. The molecule has 0 bridgehead atoms. The number of aryl methyl sites for hydroxylation is 1. The molecule has 0 saturated heterocycles. The Bertz CT molecular complexity index is 1260. The Kier molecular flexibility index (Phi) is 7.51. The molecular formula is C22H18F3N3O6. The molecule has 0 fully saturated rings. The first kappa shape index (κ1) is 24.3. The fourth-order valence-electron chi connectivity index (χ4n) is 2.85. The molecule has 0 atom stereocenters. The summed E-state index contributed by atoms with van der Waals surface area (Å²) in [5.74, 6) is -5.00. The van der Waals surface area contributed by atoms with Gasteiger partial charge in [0.05, 0.1) is 17.2 Å². The fraction of sp³-hybridized carbons (Fsp3) is 0.182. The Morgan fingerprint density at radius 3 is 2.62 bits per heavy atom. The number of hydrogen-bond acceptors (Lipinski definition) is 7. The third-order valence-electron chi connectivity index (χ3n) is 4.40. The number of aromatic nitrogens is 1. The third kappa shape index (κ3) is 5.52. The van der Waals surface area contributed by atoms with Gasteiger partial charge in [0, 0.05) is 0 Å². The summed E-state index contributed by atoms with van der Waals surface area (Å²) in [5.41, 5.74) is -0.0584. The number of ether oxygens (including phenoxy) is 2. The van der Waals surface area contributed by atoms with Gasteiger partial charge < -0.3 is 19.3 Å². The lowest BCUT2D eigenvalue weighted by Gasteiger charge is -2.13. The third-order valence-corrected chi connectivity index (χ3v) is 4.40. The largest absolute Gasteiger partial charge is 0.490 e. The van der Waals surface area contributed by atoms with E-state index in [1.807, 2.05) is 0 Å². The molecule has 34 heavy (non-hydrogen) atoms. The molecule has 178 valence electrons. The normalized spacial score (nSPS) is 11.0. The SMILES string of the molecule is CCOc1cc(/C=C/c2onc(C)c2[N+](=O)[O-])ccc1OCC(=O)Nc1ccc(F)c(F)c1F. The van der Waals surface area contributed by atoms with E-state index in [1.54, 1.807) is 19.1 Å². The van der Waals surface area contributed by atoms with Crippen LogP contribution in [0.2, 0.25) is 0 Å². The molecule has 9 nitrogen and oxygen atoms in total. The summed E-state index contributed by atoms with van der Waals surface area (Å²) >= 11 is 0. The number of carbonyl (C=O) groups excluding carboxylic acids is 1. The van der Waals surface area contributed by atoms with E-state index < -0.39 is 40.6 Å². The minimum Gasteiger partial charge on any atom is -0.490 e. The first-order valence-corrected chi connectivity index (χ1v) is 9.83. The quantitative estimate of drug-likeness (QED) is 0.265. The van der Waals surface area contributed by atoms with Crippen molar-refractivity contribution in [3.63, 3.8) is 0 Å². The van der Waals surface area contributed by atoms with Gasteiger partial charge in [-0.05, 0) is 49.8 Å². The summed E-state index contributed by atoms with van der Waals surface area (Å²) in [6.45, 7) is 2.88. The lowest BCUT2D eigenvalue weighted by atomic mass is 10.1. The van der Waals surface area contributed by atoms with Gasteiger partial charge in [-0.25, -0.2) is 13.2 Å². The minimum absolute atomic E-state index is 0.0260. The lowest BCUT2D eigenvalue weighted by molar-refractivity contribution is -0.386. The summed E-state index contributed by atoms with van der Waals surface area (Å²) in [4.78, 5) is 22.6. The van der Waals surface area contributed by atoms with E-state index in [-0.39, 0.29) is 35.2 Å². The molecule has 3 aromatic rings. The topological polar surface area (TPSA) is 117 Å². The maximum absolute atomic E-state index is 13.7. The van der Waals surface area contributed by atoms with Crippen LogP contribution in [0.25, 0.3) is 12.2 Å². The predicted molar refractivity (Wildman–Crippen MR) is 115 cm³/mol. The number of rotatable bonds is 9. The first-order chi connectivity index (χ1) is 16.2. The second-order valence-corrected chi connectivity index (χ2v) is 6.77. The van der Waals surface area contributed by atoms with Crippen LogP contribution in [0.4, 0.5) is 24.5 Å². The summed E-state index contributed by atoms with van der Waals surface area (Å²) in [5, 5.41) is 16.8. The van der Waals surface area contributed by atoms with Gasteiger partial charge in [0.15, 0.2) is 41.3 Å². The first-order valence-electron chi connectivity index (χ1n) is 9.83. The average molecular weight is 477 g/mol. The molecule has 0 spiro atoms. The van der Waals surface area contributed by atoms with Crippen molar-refractivity contribution in [2.24, 2.45) is 0 Å². The lowest BCUT2D eigenvalue weighted by Crippen LogP contribution is -2.21. The Balaban J connectivity index is 1.71. The van der Waals surface area contributed by atoms with E-state index in [4.69, 9.17) is 14.0 Å². The van der Waals surface area contributed by atoms with Crippen molar-refractivity contribution < 1.29 is 36.9 Å². The standard InChI is InChI=1S/C22H18F3N3O6/c1-3-32-18-10-13(5-9-17-22(28(30)31)12(2)27-34-17)4-8-16(18)33-11-19(29)26-15-7-6-14(23)20(24)21(15)25/h4-10H,3,11H2,1-2H3,(H,26,29)/b9-5+. The Hall–Kier alpha value is -4.35. The molecule has 1 N–H and O–H groups in total. The second kappa shape index (κ2) is 10.5. The number of nitro groups is 1. The Morgan fingerprint density at radius 1 is 1.15 bits per heavy atom. The highest BCUT2D eigenvalue weighted by Gasteiger charge is 2.22. The van der Waals surface area contributed by atoms with E-state index in [0.29, 0.717) is 11.6 Å². The van der Waals surface area contributed by atoms with Crippen molar-refractivity contribution in [1.82, 2.24) is 5.16 Å². The van der Waals surface area contributed by atoms with Crippen LogP contribution in [0, 0.1) is 34.5 Å². The number of carbonyl (C=O) groups is 1. The van der Waals surface area contributed by atoms with Crippen molar-refractivity contribution in [2.75, 3.05) is 18.5 Å². The number of amides is 1. The van der Waals surface area contributed by atoms with Crippen LogP contribution in [0.1, 0.15) is 23.9 Å². The summed E-state index contributed by atoms with van der Waals surface area (Å²) in [6.07, 6.45) is 2.92. The highest BCUT2D eigenvalue weighted by molar-refractivity contribution is 5.92. The molecule has 0 radical (unpaired) electrons. The van der Waals surface area contributed by atoms with Crippen LogP contribution >= 0.6 is 0 Å². The zero-order valence-electron chi connectivity index (χ0n) is 17.9. The summed E-state index contributed by atoms with van der Waals surface area (Å²) < 4.78 is 55.9. The van der Waals surface area contributed by atoms with Gasteiger partial charge in [-0.2, -0.15) is 0 Å². The van der Waals surface area contributed by atoms with Gasteiger partial charge in [-0.1, -0.05) is 17.3 Å². The van der Waals surface area contributed by atoms with Gasteiger partial charge in [-0.15, -0.1) is 0 Å². The van der Waals surface area contributed by atoms with Crippen LogP contribution in [0.5, 0.6) is 11.5 Å². The summed E-state index contributed by atoms with van der Waals surface area (Å²) in [7, 11) is 0. The smallest absolute Gasteiger partial charge is 0.338 e. The Labute approximate surface area is 190 Å². The maximum Gasteiger partial charge on any atom is 0.338 e. The van der Waals surface area contributed by atoms with E-state index in [0.717, 1.165) is 6.07 Å². The van der Waals surface area contributed by atoms with Crippen LogP contribution in [0.15, 0.2) is 34.9 Å². The number of benzene rings is 2. The fourth-order valence-corrected chi connectivity index (χ4v) is 2.85. The van der Waals surface area contributed by atoms with E-state index in [9.17, 15) is 28.1 Å². The summed E-state index contributed by atoms with van der Waals surface area (Å²) in [6, 6.07) is 6.23. The van der Waals surface area contributed by atoms with E-state index in [2.05, 4.69) is 10.5 Å². The molecule has 0 aliphatic heterocycles. The maximum atomic E-state index is 13.7. The van der Waals surface area contributed by atoms with Gasteiger partial charge in [-0.3, -0.25) is 14.9 Å².